The average molecular weight is 310 g/mol. The van der Waals surface area contributed by atoms with E-state index in [1.54, 1.807) is 0 Å². The van der Waals surface area contributed by atoms with Crippen molar-refractivity contribution in [1.29, 1.82) is 0 Å². The van der Waals surface area contributed by atoms with Gasteiger partial charge in [0.1, 0.15) is 0 Å². The van der Waals surface area contributed by atoms with Gasteiger partial charge in [0.25, 0.3) is 0 Å². The molecule has 3 fully saturated rings. The topological polar surface area (TPSA) is 67.9 Å². The molecule has 22 heavy (non-hydrogen) atoms. The van der Waals surface area contributed by atoms with E-state index in [9.17, 15) is 9.59 Å². The maximum absolute atomic E-state index is 12.5. The molecular weight excluding hydrogens is 284 g/mol. The standard InChI is InChI=1S/C16H26N2O4/c1-11(2)10-17-14(19)12-9-13(12)15(20)18-5-3-16(4-6-18)21-7-8-22-16/h11-13H,3-10H2,1-2H3,(H,17,19). The first-order valence-electron chi connectivity index (χ1n) is 8.35. The molecule has 124 valence electrons. The van der Waals surface area contributed by atoms with Crippen molar-refractivity contribution < 1.29 is 19.1 Å². The second-order valence-electron chi connectivity index (χ2n) is 7.02. The van der Waals surface area contributed by atoms with Crippen LogP contribution in [-0.2, 0) is 19.1 Å². The molecular formula is C16H26N2O4. The second kappa shape index (κ2) is 6.16. The van der Waals surface area contributed by atoms with Crippen LogP contribution >= 0.6 is 0 Å². The predicted molar refractivity (Wildman–Crippen MR) is 79.9 cm³/mol. The fourth-order valence-electron chi connectivity index (χ4n) is 3.28. The number of carbonyl (C=O) groups excluding carboxylic acids is 2. The Balaban J connectivity index is 1.45. The van der Waals surface area contributed by atoms with Crippen molar-refractivity contribution in [2.75, 3.05) is 32.8 Å². The van der Waals surface area contributed by atoms with Crippen LogP contribution in [0.5, 0.6) is 0 Å². The molecule has 6 nitrogen and oxygen atoms in total. The van der Waals surface area contributed by atoms with Crippen LogP contribution in [-0.4, -0.2) is 55.3 Å². The first-order chi connectivity index (χ1) is 10.5. The van der Waals surface area contributed by atoms with Gasteiger partial charge >= 0.3 is 0 Å². The molecule has 2 heterocycles. The van der Waals surface area contributed by atoms with E-state index in [1.807, 2.05) is 4.90 Å². The number of ether oxygens (including phenoxy) is 2. The highest BCUT2D eigenvalue weighted by Gasteiger charge is 2.51. The van der Waals surface area contributed by atoms with Crippen LogP contribution in [0.1, 0.15) is 33.1 Å². The van der Waals surface area contributed by atoms with E-state index in [0.717, 1.165) is 12.8 Å². The van der Waals surface area contributed by atoms with Crippen molar-refractivity contribution in [2.45, 2.75) is 38.9 Å². The van der Waals surface area contributed by atoms with E-state index in [4.69, 9.17) is 9.47 Å². The number of amides is 2. The minimum Gasteiger partial charge on any atom is -0.356 e. The van der Waals surface area contributed by atoms with E-state index in [-0.39, 0.29) is 23.7 Å². The maximum Gasteiger partial charge on any atom is 0.226 e. The monoisotopic (exact) mass is 310 g/mol. The van der Waals surface area contributed by atoms with Crippen LogP contribution in [0.4, 0.5) is 0 Å². The molecule has 2 amide bonds. The molecule has 1 aliphatic carbocycles. The third-order valence-electron chi connectivity index (χ3n) is 4.78. The molecule has 0 aromatic rings. The molecule has 0 bridgehead atoms. The zero-order valence-corrected chi connectivity index (χ0v) is 13.5. The van der Waals surface area contributed by atoms with Gasteiger partial charge in [0, 0.05) is 32.5 Å². The zero-order chi connectivity index (χ0) is 15.7. The molecule has 0 aromatic carbocycles. The van der Waals surface area contributed by atoms with E-state index < -0.39 is 5.79 Å². The van der Waals surface area contributed by atoms with E-state index in [2.05, 4.69) is 19.2 Å². The summed E-state index contributed by atoms with van der Waals surface area (Å²) in [4.78, 5) is 26.3. The van der Waals surface area contributed by atoms with Gasteiger partial charge in [0.15, 0.2) is 5.79 Å². The van der Waals surface area contributed by atoms with Gasteiger partial charge in [-0.3, -0.25) is 9.59 Å². The van der Waals surface area contributed by atoms with Gasteiger partial charge in [-0.1, -0.05) is 13.8 Å². The molecule has 1 spiro atoms. The number of carbonyl (C=O) groups is 2. The highest BCUT2D eigenvalue weighted by atomic mass is 16.7. The van der Waals surface area contributed by atoms with E-state index in [1.165, 1.54) is 0 Å². The Kier molecular flexibility index (Phi) is 4.41. The van der Waals surface area contributed by atoms with Gasteiger partial charge in [-0.25, -0.2) is 0 Å². The molecule has 1 N–H and O–H groups in total. The summed E-state index contributed by atoms with van der Waals surface area (Å²) in [6, 6.07) is 0. The van der Waals surface area contributed by atoms with Crippen molar-refractivity contribution in [2.24, 2.45) is 17.8 Å². The summed E-state index contributed by atoms with van der Waals surface area (Å²) in [6.07, 6.45) is 2.16. The summed E-state index contributed by atoms with van der Waals surface area (Å²) in [5.41, 5.74) is 0. The summed E-state index contributed by atoms with van der Waals surface area (Å²) in [6.45, 7) is 7.42. The third-order valence-corrected chi connectivity index (χ3v) is 4.78. The van der Waals surface area contributed by atoms with Crippen LogP contribution in [0.15, 0.2) is 0 Å². The smallest absolute Gasteiger partial charge is 0.226 e. The van der Waals surface area contributed by atoms with Gasteiger partial charge in [-0.15, -0.1) is 0 Å². The third kappa shape index (κ3) is 3.27. The number of nitrogens with one attached hydrogen (secondary N) is 1. The highest BCUT2D eigenvalue weighted by molar-refractivity contribution is 5.92. The van der Waals surface area contributed by atoms with Crippen LogP contribution in [0.3, 0.4) is 0 Å². The Labute approximate surface area is 131 Å². The van der Waals surface area contributed by atoms with Crippen LogP contribution < -0.4 is 5.32 Å². The lowest BCUT2D eigenvalue weighted by atomic mass is 10.0. The Morgan fingerprint density at radius 3 is 2.41 bits per heavy atom. The first-order valence-corrected chi connectivity index (χ1v) is 8.35. The Morgan fingerprint density at radius 2 is 1.82 bits per heavy atom. The summed E-state index contributed by atoms with van der Waals surface area (Å²) in [7, 11) is 0. The molecule has 1 saturated carbocycles. The van der Waals surface area contributed by atoms with E-state index >= 15 is 0 Å². The van der Waals surface area contributed by atoms with Crippen LogP contribution in [0.25, 0.3) is 0 Å². The second-order valence-corrected chi connectivity index (χ2v) is 7.02. The molecule has 0 aromatic heterocycles. The number of nitrogens with zero attached hydrogens (tertiary/aromatic N) is 1. The SMILES string of the molecule is CC(C)CNC(=O)C1CC1C(=O)N1CCC2(CC1)OCCO2. The summed E-state index contributed by atoms with van der Waals surface area (Å²) in [5, 5.41) is 2.92. The lowest BCUT2D eigenvalue weighted by Gasteiger charge is -2.37. The molecule has 3 rings (SSSR count). The van der Waals surface area contributed by atoms with E-state index in [0.29, 0.717) is 45.2 Å². The number of piperidine rings is 1. The van der Waals surface area contributed by atoms with Crippen LogP contribution in [0, 0.1) is 17.8 Å². The molecule has 0 radical (unpaired) electrons. The molecule has 6 heteroatoms. The van der Waals surface area contributed by atoms with Gasteiger partial charge in [0.05, 0.1) is 25.0 Å². The first kappa shape index (κ1) is 15.7. The summed E-state index contributed by atoms with van der Waals surface area (Å²) in [5.74, 6) is -0.108. The molecule has 2 saturated heterocycles. The van der Waals surface area contributed by atoms with Gasteiger partial charge < -0.3 is 19.7 Å². The number of likely N-dealkylation sites (tertiary alicyclic amines) is 1. The van der Waals surface area contributed by atoms with Crippen LogP contribution in [0.2, 0.25) is 0 Å². The fourth-order valence-corrected chi connectivity index (χ4v) is 3.28. The fraction of sp³-hybridized carbons (Fsp3) is 0.875. The highest BCUT2D eigenvalue weighted by Crippen LogP contribution is 2.41. The molecule has 2 unspecified atom stereocenters. The predicted octanol–water partition coefficient (Wildman–Crippen LogP) is 0.760. The largest absolute Gasteiger partial charge is 0.356 e. The lowest BCUT2D eigenvalue weighted by Crippen LogP contribution is -2.48. The van der Waals surface area contributed by atoms with Crippen molar-refractivity contribution in [3.8, 4) is 0 Å². The summed E-state index contributed by atoms with van der Waals surface area (Å²) < 4.78 is 11.3. The lowest BCUT2D eigenvalue weighted by molar-refractivity contribution is -0.187. The Morgan fingerprint density at radius 1 is 1.18 bits per heavy atom. The van der Waals surface area contributed by atoms with Gasteiger partial charge in [-0.2, -0.15) is 0 Å². The number of hydrogen-bond acceptors (Lipinski definition) is 4. The van der Waals surface area contributed by atoms with Crippen molar-refractivity contribution in [3.63, 3.8) is 0 Å². The van der Waals surface area contributed by atoms with Crippen molar-refractivity contribution in [3.05, 3.63) is 0 Å². The van der Waals surface area contributed by atoms with Gasteiger partial charge in [-0.05, 0) is 12.3 Å². The van der Waals surface area contributed by atoms with Crippen molar-refractivity contribution >= 4 is 11.8 Å². The number of hydrogen-bond donors (Lipinski definition) is 1. The normalized spacial score (nSPS) is 29.9. The Hall–Kier alpha value is -1.14. The minimum atomic E-state index is -0.450. The molecule has 2 atom stereocenters. The average Bonchev–Trinajstić information content (AvgIpc) is 3.19. The quantitative estimate of drug-likeness (QED) is 0.832. The zero-order valence-electron chi connectivity index (χ0n) is 13.5. The number of rotatable bonds is 4. The van der Waals surface area contributed by atoms with Crippen molar-refractivity contribution in [1.82, 2.24) is 10.2 Å². The summed E-state index contributed by atoms with van der Waals surface area (Å²) >= 11 is 0. The maximum atomic E-state index is 12.5. The van der Waals surface area contributed by atoms with Gasteiger partial charge in [0.2, 0.25) is 11.8 Å². The Bertz CT molecular complexity index is 435. The molecule has 2 aliphatic heterocycles. The molecule has 3 aliphatic rings. The minimum absolute atomic E-state index is 0.0305.